The topological polar surface area (TPSA) is 84.4 Å². The highest BCUT2D eigenvalue weighted by atomic mass is 16.5. The maximum atomic E-state index is 10.6. The van der Waals surface area contributed by atoms with Gasteiger partial charge in [0.2, 0.25) is 0 Å². The molecule has 0 saturated carbocycles. The number of nitrogens with one attached hydrogen (secondary N) is 1. The molecule has 0 aliphatic carbocycles. The molecule has 0 amide bonds. The highest BCUT2D eigenvalue weighted by Crippen LogP contribution is 2.31. The van der Waals surface area contributed by atoms with Gasteiger partial charge < -0.3 is 19.6 Å². The first kappa shape index (κ1) is 12.9. The Bertz CT molecular complexity index is 592. The number of hydrogen-bond donors (Lipinski definition) is 2. The van der Waals surface area contributed by atoms with Gasteiger partial charge in [-0.3, -0.25) is 4.79 Å². The summed E-state index contributed by atoms with van der Waals surface area (Å²) in [6.07, 6.45) is 1.43. The molecular weight excluding hydrogens is 248 g/mol. The maximum absolute atomic E-state index is 10.6. The van der Waals surface area contributed by atoms with Crippen LogP contribution in [0.2, 0.25) is 0 Å². The fraction of sp³-hybridized carbons (Fsp3) is 0.231. The summed E-state index contributed by atoms with van der Waals surface area (Å²) in [5.74, 6) is 0.916. The zero-order valence-corrected chi connectivity index (χ0v) is 10.6. The lowest BCUT2D eigenvalue weighted by Gasteiger charge is -2.08. The average molecular weight is 262 g/mol. The highest BCUT2D eigenvalue weighted by Gasteiger charge is 2.10. The predicted octanol–water partition coefficient (Wildman–Crippen LogP) is 1.72. The van der Waals surface area contributed by atoms with Crippen LogP contribution in [0.3, 0.4) is 0 Å². The van der Waals surface area contributed by atoms with Crippen LogP contribution >= 0.6 is 0 Å². The number of nitrogens with zero attached hydrogens (tertiary/aromatic N) is 1. The van der Waals surface area contributed by atoms with E-state index in [-0.39, 0.29) is 6.42 Å². The molecule has 0 radical (unpaired) electrons. The Morgan fingerprint density at radius 2 is 2.05 bits per heavy atom. The van der Waals surface area contributed by atoms with Crippen LogP contribution in [-0.4, -0.2) is 35.3 Å². The second kappa shape index (κ2) is 5.43. The fourth-order valence-electron chi connectivity index (χ4n) is 1.74. The van der Waals surface area contributed by atoms with E-state index in [2.05, 4.69) is 9.97 Å². The number of aliphatic carboxylic acids is 1. The van der Waals surface area contributed by atoms with Crippen molar-refractivity contribution >= 4 is 5.97 Å². The number of benzene rings is 1. The highest BCUT2D eigenvalue weighted by molar-refractivity contribution is 5.70. The van der Waals surface area contributed by atoms with Crippen LogP contribution in [-0.2, 0) is 11.2 Å². The van der Waals surface area contributed by atoms with E-state index in [1.165, 1.54) is 6.20 Å². The first-order valence-corrected chi connectivity index (χ1v) is 5.62. The summed E-state index contributed by atoms with van der Waals surface area (Å²) in [5.41, 5.74) is 1.35. The third kappa shape index (κ3) is 2.85. The number of methoxy groups -OCH3 is 2. The number of carboxylic acid groups (broad SMARTS) is 1. The van der Waals surface area contributed by atoms with Gasteiger partial charge in [-0.1, -0.05) is 0 Å². The minimum Gasteiger partial charge on any atom is -0.493 e. The number of imidazole rings is 1. The molecule has 2 rings (SSSR count). The zero-order chi connectivity index (χ0) is 13.8. The molecule has 0 unspecified atom stereocenters. The number of hydrogen-bond acceptors (Lipinski definition) is 4. The summed E-state index contributed by atoms with van der Waals surface area (Å²) < 4.78 is 10.4. The minimum atomic E-state index is -0.900. The summed E-state index contributed by atoms with van der Waals surface area (Å²) in [4.78, 5) is 17.7. The maximum Gasteiger partial charge on any atom is 0.309 e. The summed E-state index contributed by atoms with van der Waals surface area (Å²) in [5, 5.41) is 8.71. The Kier molecular flexibility index (Phi) is 3.70. The summed E-state index contributed by atoms with van der Waals surface area (Å²) in [7, 11) is 3.12. The lowest BCUT2D eigenvalue weighted by atomic mass is 10.2. The van der Waals surface area contributed by atoms with Crippen LogP contribution in [0.15, 0.2) is 24.4 Å². The van der Waals surface area contributed by atoms with Gasteiger partial charge in [-0.15, -0.1) is 0 Å². The van der Waals surface area contributed by atoms with Gasteiger partial charge in [-0.2, -0.15) is 0 Å². The predicted molar refractivity (Wildman–Crippen MR) is 68.5 cm³/mol. The zero-order valence-electron chi connectivity index (χ0n) is 10.6. The van der Waals surface area contributed by atoms with E-state index in [1.54, 1.807) is 26.4 Å². The first-order valence-electron chi connectivity index (χ1n) is 5.62. The number of aromatic nitrogens is 2. The average Bonchev–Trinajstić information content (AvgIpc) is 2.85. The summed E-state index contributed by atoms with van der Waals surface area (Å²) in [6, 6.07) is 5.38. The Hall–Kier alpha value is -2.50. The van der Waals surface area contributed by atoms with Crippen molar-refractivity contribution in [3.05, 3.63) is 30.1 Å². The van der Waals surface area contributed by atoms with Gasteiger partial charge >= 0.3 is 5.97 Å². The molecule has 0 spiro atoms. The van der Waals surface area contributed by atoms with E-state index in [4.69, 9.17) is 14.6 Å². The van der Waals surface area contributed by atoms with Crippen molar-refractivity contribution in [3.63, 3.8) is 0 Å². The Morgan fingerprint density at radius 1 is 1.32 bits per heavy atom. The van der Waals surface area contributed by atoms with E-state index in [0.29, 0.717) is 23.0 Å². The van der Waals surface area contributed by atoms with E-state index in [9.17, 15) is 4.79 Å². The van der Waals surface area contributed by atoms with E-state index in [1.807, 2.05) is 6.07 Å². The monoisotopic (exact) mass is 262 g/mol. The second-order valence-electron chi connectivity index (χ2n) is 3.90. The Balaban J connectivity index is 2.31. The molecule has 2 N–H and O–H groups in total. The quantitative estimate of drug-likeness (QED) is 0.857. The molecule has 0 aliphatic heterocycles. The molecule has 0 saturated heterocycles. The van der Waals surface area contributed by atoms with E-state index >= 15 is 0 Å². The molecule has 1 aromatic heterocycles. The third-order valence-corrected chi connectivity index (χ3v) is 2.63. The van der Waals surface area contributed by atoms with Gasteiger partial charge in [-0.25, -0.2) is 4.98 Å². The molecule has 6 heteroatoms. The molecule has 0 fully saturated rings. The fourth-order valence-corrected chi connectivity index (χ4v) is 1.74. The molecule has 1 aromatic carbocycles. The van der Waals surface area contributed by atoms with Gasteiger partial charge in [0.05, 0.1) is 20.6 Å². The van der Waals surface area contributed by atoms with Crippen LogP contribution in [0.4, 0.5) is 0 Å². The van der Waals surface area contributed by atoms with Crippen molar-refractivity contribution in [1.82, 2.24) is 9.97 Å². The summed E-state index contributed by atoms with van der Waals surface area (Å²) >= 11 is 0. The van der Waals surface area contributed by atoms with Gasteiger partial charge in [0.1, 0.15) is 5.82 Å². The lowest BCUT2D eigenvalue weighted by molar-refractivity contribution is -0.136. The Morgan fingerprint density at radius 3 is 2.68 bits per heavy atom. The van der Waals surface area contributed by atoms with Gasteiger partial charge in [0.15, 0.2) is 11.5 Å². The molecule has 2 aromatic rings. The van der Waals surface area contributed by atoms with Crippen molar-refractivity contribution in [1.29, 1.82) is 0 Å². The number of carboxylic acids is 1. The lowest BCUT2D eigenvalue weighted by Crippen LogP contribution is -1.99. The number of H-pyrrole nitrogens is 1. The molecule has 6 nitrogen and oxygen atoms in total. The Labute approximate surface area is 110 Å². The third-order valence-electron chi connectivity index (χ3n) is 2.63. The van der Waals surface area contributed by atoms with Crippen molar-refractivity contribution < 1.29 is 19.4 Å². The largest absolute Gasteiger partial charge is 0.493 e. The molecule has 1 heterocycles. The van der Waals surface area contributed by atoms with Gasteiger partial charge in [0.25, 0.3) is 0 Å². The number of ether oxygens (including phenoxy) is 2. The number of aromatic amines is 1. The van der Waals surface area contributed by atoms with Crippen LogP contribution in [0.5, 0.6) is 11.5 Å². The van der Waals surface area contributed by atoms with Gasteiger partial charge in [-0.05, 0) is 18.2 Å². The first-order chi connectivity index (χ1) is 9.13. The van der Waals surface area contributed by atoms with Crippen molar-refractivity contribution in [2.45, 2.75) is 6.42 Å². The minimum absolute atomic E-state index is 0.0830. The summed E-state index contributed by atoms with van der Waals surface area (Å²) in [6.45, 7) is 0. The molecule has 19 heavy (non-hydrogen) atoms. The van der Waals surface area contributed by atoms with Crippen LogP contribution < -0.4 is 9.47 Å². The SMILES string of the molecule is COc1ccc(-c2ncc(CC(=O)O)[nH]2)cc1OC. The van der Waals surface area contributed by atoms with Gasteiger partial charge in [0, 0.05) is 17.5 Å². The molecular formula is C13H14N2O4. The van der Waals surface area contributed by atoms with Crippen molar-refractivity contribution in [2.75, 3.05) is 14.2 Å². The van der Waals surface area contributed by atoms with E-state index in [0.717, 1.165) is 5.56 Å². The standard InChI is InChI=1S/C13H14N2O4/c1-18-10-4-3-8(5-11(10)19-2)13-14-7-9(15-13)6-12(16)17/h3-5,7H,6H2,1-2H3,(H,14,15)(H,16,17). The van der Waals surface area contributed by atoms with E-state index < -0.39 is 5.97 Å². The molecule has 0 atom stereocenters. The molecule has 100 valence electrons. The van der Waals surface area contributed by atoms with Crippen LogP contribution in [0.25, 0.3) is 11.4 Å². The van der Waals surface area contributed by atoms with Crippen molar-refractivity contribution in [2.24, 2.45) is 0 Å². The molecule has 0 aliphatic rings. The number of carbonyl (C=O) groups is 1. The van der Waals surface area contributed by atoms with Crippen molar-refractivity contribution in [3.8, 4) is 22.9 Å². The van der Waals surface area contributed by atoms with Crippen LogP contribution in [0.1, 0.15) is 5.69 Å². The number of rotatable bonds is 5. The molecule has 0 bridgehead atoms. The second-order valence-corrected chi connectivity index (χ2v) is 3.90. The van der Waals surface area contributed by atoms with Crippen LogP contribution in [0, 0.1) is 0 Å². The smallest absolute Gasteiger partial charge is 0.309 e. The normalized spacial score (nSPS) is 10.2.